The lowest BCUT2D eigenvalue weighted by atomic mass is 10.1. The largest absolute Gasteiger partial charge is 0.493 e. The third-order valence-electron chi connectivity index (χ3n) is 5.45. The molecular formula is C27H33NO4. The number of nitrogens with zero attached hydrogens (tertiary/aromatic N) is 1. The number of aromatic nitrogens is 1. The number of hydrogen-bond donors (Lipinski definition) is 1. The summed E-state index contributed by atoms with van der Waals surface area (Å²) in [6.45, 7) is 3.25. The molecule has 0 saturated carbocycles. The SMILES string of the molecule is CCCCCCCCOc1cc(OCc2cnc3ccccc3c2)ccc1CCC(=O)O. The Kier molecular flexibility index (Phi) is 9.36. The molecule has 5 nitrogen and oxygen atoms in total. The summed E-state index contributed by atoms with van der Waals surface area (Å²) in [6, 6.07) is 15.8. The summed E-state index contributed by atoms with van der Waals surface area (Å²) < 4.78 is 12.0. The number of carboxylic acids is 1. The molecule has 0 aliphatic rings. The van der Waals surface area contributed by atoms with Crippen molar-refractivity contribution >= 4 is 16.9 Å². The minimum atomic E-state index is -0.809. The number of aliphatic carboxylic acids is 1. The van der Waals surface area contributed by atoms with Crippen molar-refractivity contribution in [2.75, 3.05) is 6.61 Å². The van der Waals surface area contributed by atoms with E-state index in [2.05, 4.69) is 18.0 Å². The summed E-state index contributed by atoms with van der Waals surface area (Å²) in [6.07, 6.45) is 9.52. The van der Waals surface area contributed by atoms with Gasteiger partial charge >= 0.3 is 5.97 Å². The topological polar surface area (TPSA) is 68.7 Å². The molecule has 0 aliphatic heterocycles. The number of benzene rings is 2. The van der Waals surface area contributed by atoms with Crippen molar-refractivity contribution in [1.29, 1.82) is 0 Å². The molecule has 3 aromatic rings. The van der Waals surface area contributed by atoms with Crippen LogP contribution in [0.3, 0.4) is 0 Å². The van der Waals surface area contributed by atoms with E-state index >= 15 is 0 Å². The molecule has 0 saturated heterocycles. The maximum absolute atomic E-state index is 11.0. The van der Waals surface area contributed by atoms with Crippen molar-refractivity contribution in [2.24, 2.45) is 0 Å². The summed E-state index contributed by atoms with van der Waals surface area (Å²) in [5, 5.41) is 10.1. The summed E-state index contributed by atoms with van der Waals surface area (Å²) in [5.74, 6) is 0.611. The van der Waals surface area contributed by atoms with Gasteiger partial charge in [-0.2, -0.15) is 0 Å². The fourth-order valence-electron chi connectivity index (χ4n) is 3.63. The Balaban J connectivity index is 1.60. The van der Waals surface area contributed by atoms with Crippen LogP contribution in [0.25, 0.3) is 10.9 Å². The van der Waals surface area contributed by atoms with Crippen LogP contribution < -0.4 is 9.47 Å². The molecule has 0 fully saturated rings. The highest BCUT2D eigenvalue weighted by molar-refractivity contribution is 5.78. The van der Waals surface area contributed by atoms with Crippen molar-refractivity contribution in [1.82, 2.24) is 4.98 Å². The molecule has 170 valence electrons. The summed E-state index contributed by atoms with van der Waals surface area (Å²) in [4.78, 5) is 15.5. The minimum absolute atomic E-state index is 0.0797. The molecular weight excluding hydrogens is 402 g/mol. The first-order chi connectivity index (χ1) is 15.7. The molecule has 1 aromatic heterocycles. The van der Waals surface area contributed by atoms with Gasteiger partial charge in [0.25, 0.3) is 0 Å². The van der Waals surface area contributed by atoms with E-state index in [0.717, 1.165) is 34.9 Å². The lowest BCUT2D eigenvalue weighted by Crippen LogP contribution is -2.04. The van der Waals surface area contributed by atoms with Gasteiger partial charge in [-0.15, -0.1) is 0 Å². The summed E-state index contributed by atoms with van der Waals surface area (Å²) in [5.41, 5.74) is 2.86. The Hall–Kier alpha value is -3.08. The second-order valence-corrected chi connectivity index (χ2v) is 8.10. The quantitative estimate of drug-likeness (QED) is 0.290. The molecule has 0 atom stereocenters. The van der Waals surface area contributed by atoms with Crippen molar-refractivity contribution in [3.05, 3.63) is 65.9 Å². The first-order valence-electron chi connectivity index (χ1n) is 11.6. The molecule has 0 aliphatic carbocycles. The van der Waals surface area contributed by atoms with Gasteiger partial charge in [0.05, 0.1) is 12.1 Å². The van der Waals surface area contributed by atoms with Gasteiger partial charge in [-0.25, -0.2) is 0 Å². The number of para-hydroxylation sites is 1. The van der Waals surface area contributed by atoms with Gasteiger partial charge in [-0.1, -0.05) is 63.3 Å². The van der Waals surface area contributed by atoms with Crippen LogP contribution in [0, 0.1) is 0 Å². The predicted molar refractivity (Wildman–Crippen MR) is 127 cm³/mol. The van der Waals surface area contributed by atoms with Gasteiger partial charge in [0.1, 0.15) is 18.1 Å². The molecule has 3 rings (SSSR count). The molecule has 5 heteroatoms. The van der Waals surface area contributed by atoms with Crippen LogP contribution in [0.4, 0.5) is 0 Å². The fourth-order valence-corrected chi connectivity index (χ4v) is 3.63. The van der Waals surface area contributed by atoms with Crippen LogP contribution in [0.15, 0.2) is 54.7 Å². The standard InChI is InChI=1S/C27H33NO4/c1-2-3-4-5-6-9-16-31-26-18-24(14-12-22(26)13-15-27(29)30)32-20-21-17-23-10-7-8-11-25(23)28-19-21/h7-8,10-12,14,17-19H,2-6,9,13,15-16,20H2,1H3,(H,29,30). The van der Waals surface area contributed by atoms with E-state index in [1.54, 1.807) is 0 Å². The van der Waals surface area contributed by atoms with Gasteiger partial charge in [0, 0.05) is 29.6 Å². The maximum atomic E-state index is 11.0. The molecule has 0 amide bonds. The molecule has 32 heavy (non-hydrogen) atoms. The Labute approximate surface area is 190 Å². The number of fused-ring (bicyclic) bond motifs is 1. The highest BCUT2D eigenvalue weighted by atomic mass is 16.5. The molecule has 0 unspecified atom stereocenters. The van der Waals surface area contributed by atoms with Gasteiger partial charge < -0.3 is 14.6 Å². The lowest BCUT2D eigenvalue weighted by Gasteiger charge is -2.14. The van der Waals surface area contributed by atoms with Crippen LogP contribution in [-0.2, 0) is 17.8 Å². The van der Waals surface area contributed by atoms with E-state index in [0.29, 0.717) is 31.1 Å². The number of aryl methyl sites for hydroxylation is 1. The smallest absolute Gasteiger partial charge is 0.303 e. The average Bonchev–Trinajstić information content (AvgIpc) is 2.81. The first-order valence-corrected chi connectivity index (χ1v) is 11.6. The van der Waals surface area contributed by atoms with Gasteiger partial charge in [-0.05, 0) is 36.6 Å². The van der Waals surface area contributed by atoms with Crippen LogP contribution in [0.5, 0.6) is 11.5 Å². The average molecular weight is 436 g/mol. The Morgan fingerprint density at radius 2 is 1.78 bits per heavy atom. The molecule has 0 bridgehead atoms. The van der Waals surface area contributed by atoms with Crippen molar-refractivity contribution in [2.45, 2.75) is 64.9 Å². The second-order valence-electron chi connectivity index (χ2n) is 8.10. The Bertz CT molecular complexity index is 1000. The fraction of sp³-hybridized carbons (Fsp3) is 0.407. The van der Waals surface area contributed by atoms with E-state index < -0.39 is 5.97 Å². The lowest BCUT2D eigenvalue weighted by molar-refractivity contribution is -0.136. The third-order valence-corrected chi connectivity index (χ3v) is 5.45. The number of rotatable bonds is 14. The molecule has 0 spiro atoms. The number of carbonyl (C=O) groups is 1. The second kappa shape index (κ2) is 12.7. The molecule has 1 heterocycles. The normalized spacial score (nSPS) is 10.9. The van der Waals surface area contributed by atoms with Gasteiger partial charge in [0.2, 0.25) is 0 Å². The zero-order valence-corrected chi connectivity index (χ0v) is 18.9. The molecule has 2 aromatic carbocycles. The van der Waals surface area contributed by atoms with E-state index in [9.17, 15) is 4.79 Å². The van der Waals surface area contributed by atoms with Crippen LogP contribution in [-0.4, -0.2) is 22.7 Å². The number of unbranched alkanes of at least 4 members (excludes halogenated alkanes) is 5. The zero-order chi connectivity index (χ0) is 22.6. The number of ether oxygens (including phenoxy) is 2. The molecule has 0 radical (unpaired) electrons. The van der Waals surface area contributed by atoms with Gasteiger partial charge in [-0.3, -0.25) is 9.78 Å². The maximum Gasteiger partial charge on any atom is 0.303 e. The first kappa shape index (κ1) is 23.6. The van der Waals surface area contributed by atoms with Crippen LogP contribution in [0.1, 0.15) is 63.0 Å². The van der Waals surface area contributed by atoms with Gasteiger partial charge in [0.15, 0.2) is 0 Å². The Morgan fingerprint density at radius 1 is 0.969 bits per heavy atom. The third kappa shape index (κ3) is 7.56. The number of pyridine rings is 1. The zero-order valence-electron chi connectivity index (χ0n) is 18.9. The van der Waals surface area contributed by atoms with Crippen molar-refractivity contribution < 1.29 is 19.4 Å². The summed E-state index contributed by atoms with van der Waals surface area (Å²) in [7, 11) is 0. The van der Waals surface area contributed by atoms with Crippen molar-refractivity contribution in [3.63, 3.8) is 0 Å². The predicted octanol–water partition coefficient (Wildman–Crippen LogP) is 6.57. The number of hydrogen-bond acceptors (Lipinski definition) is 4. The van der Waals surface area contributed by atoms with E-state index in [-0.39, 0.29) is 6.42 Å². The van der Waals surface area contributed by atoms with E-state index in [4.69, 9.17) is 14.6 Å². The van der Waals surface area contributed by atoms with Crippen LogP contribution in [0.2, 0.25) is 0 Å². The molecule has 1 N–H and O–H groups in total. The van der Waals surface area contributed by atoms with Crippen molar-refractivity contribution in [3.8, 4) is 11.5 Å². The van der Waals surface area contributed by atoms with E-state index in [1.165, 1.54) is 25.7 Å². The minimum Gasteiger partial charge on any atom is -0.493 e. The Morgan fingerprint density at radius 3 is 2.62 bits per heavy atom. The monoisotopic (exact) mass is 435 g/mol. The summed E-state index contributed by atoms with van der Waals surface area (Å²) >= 11 is 0. The van der Waals surface area contributed by atoms with Crippen LogP contribution >= 0.6 is 0 Å². The van der Waals surface area contributed by atoms with E-state index in [1.807, 2.05) is 48.7 Å². The highest BCUT2D eigenvalue weighted by Crippen LogP contribution is 2.27. The number of carboxylic acid groups (broad SMARTS) is 1. The highest BCUT2D eigenvalue weighted by Gasteiger charge is 2.09.